The van der Waals surface area contributed by atoms with E-state index in [-0.39, 0.29) is 10.9 Å². The standard InChI is InChI=1S/C21H17BrN2O6S2/c1-28-15-8-13(14(22)10-16(15)30-11-18(25)29-2)9-17-20(27)24(21(31)32-17)23-19(26)12-6-4-3-5-7-12/h3-10H,11H2,1-2H3,(H,23,26). The number of thioether (sulfide) groups is 1. The van der Waals surface area contributed by atoms with E-state index in [1.54, 1.807) is 48.5 Å². The van der Waals surface area contributed by atoms with Gasteiger partial charge in [0.05, 0.1) is 19.1 Å². The van der Waals surface area contributed by atoms with Crippen LogP contribution in [0.3, 0.4) is 0 Å². The lowest BCUT2D eigenvalue weighted by molar-refractivity contribution is -0.142. The first kappa shape index (κ1) is 23.8. The Balaban J connectivity index is 1.80. The van der Waals surface area contributed by atoms with Crippen molar-refractivity contribution in [2.45, 2.75) is 0 Å². The fourth-order valence-corrected chi connectivity index (χ4v) is 4.20. The number of thiocarbonyl (C=S) groups is 1. The summed E-state index contributed by atoms with van der Waals surface area (Å²) in [6.07, 6.45) is 1.62. The van der Waals surface area contributed by atoms with Crippen molar-refractivity contribution in [3.8, 4) is 11.5 Å². The average molecular weight is 537 g/mol. The summed E-state index contributed by atoms with van der Waals surface area (Å²) in [5.74, 6) is -0.756. The summed E-state index contributed by atoms with van der Waals surface area (Å²) in [6, 6.07) is 11.8. The van der Waals surface area contributed by atoms with Crippen molar-refractivity contribution in [2.75, 3.05) is 20.8 Å². The van der Waals surface area contributed by atoms with Crippen LogP contribution in [-0.4, -0.2) is 47.9 Å². The molecule has 2 aromatic rings. The topological polar surface area (TPSA) is 94.2 Å². The van der Waals surface area contributed by atoms with Crippen molar-refractivity contribution in [1.29, 1.82) is 0 Å². The molecular formula is C21H17BrN2O6S2. The van der Waals surface area contributed by atoms with Gasteiger partial charge in [-0.3, -0.25) is 15.0 Å². The summed E-state index contributed by atoms with van der Waals surface area (Å²) < 4.78 is 16.1. The average Bonchev–Trinajstić information content (AvgIpc) is 3.06. The number of methoxy groups -OCH3 is 2. The van der Waals surface area contributed by atoms with Gasteiger partial charge in [0.25, 0.3) is 11.8 Å². The van der Waals surface area contributed by atoms with Crippen LogP contribution in [0.1, 0.15) is 15.9 Å². The third-order valence-electron chi connectivity index (χ3n) is 4.19. The zero-order valence-electron chi connectivity index (χ0n) is 16.9. The number of nitrogens with one attached hydrogen (secondary N) is 1. The molecule has 3 rings (SSSR count). The maximum Gasteiger partial charge on any atom is 0.343 e. The number of carbonyl (C=O) groups is 3. The summed E-state index contributed by atoms with van der Waals surface area (Å²) in [6.45, 7) is -0.279. The second kappa shape index (κ2) is 10.6. The maximum absolute atomic E-state index is 12.8. The van der Waals surface area contributed by atoms with Crippen LogP contribution in [-0.2, 0) is 14.3 Å². The number of halogens is 1. The molecule has 0 saturated carbocycles. The van der Waals surface area contributed by atoms with Gasteiger partial charge in [-0.25, -0.2) is 4.79 Å². The number of carbonyl (C=O) groups excluding carboxylic acids is 3. The van der Waals surface area contributed by atoms with Crippen molar-refractivity contribution in [3.05, 3.63) is 63.0 Å². The minimum atomic E-state index is -0.534. The number of esters is 1. The van der Waals surface area contributed by atoms with Crippen molar-refractivity contribution in [3.63, 3.8) is 0 Å². The third kappa shape index (κ3) is 5.47. The minimum absolute atomic E-state index is 0.201. The predicted octanol–water partition coefficient (Wildman–Crippen LogP) is 3.56. The number of hydrogen-bond acceptors (Lipinski definition) is 8. The van der Waals surface area contributed by atoms with Gasteiger partial charge in [-0.15, -0.1) is 0 Å². The lowest BCUT2D eigenvalue weighted by Gasteiger charge is -2.15. The second-order valence-corrected chi connectivity index (χ2v) is 8.74. The number of hydrazine groups is 1. The van der Waals surface area contributed by atoms with Crippen LogP contribution in [0.2, 0.25) is 0 Å². The Labute approximate surface area is 202 Å². The number of benzene rings is 2. The Kier molecular flexibility index (Phi) is 7.89. The van der Waals surface area contributed by atoms with Crippen LogP contribution in [0.15, 0.2) is 51.8 Å². The lowest BCUT2D eigenvalue weighted by atomic mass is 10.2. The van der Waals surface area contributed by atoms with Gasteiger partial charge in [-0.2, -0.15) is 5.01 Å². The molecule has 1 aliphatic heterocycles. The van der Waals surface area contributed by atoms with Crippen molar-refractivity contribution in [2.24, 2.45) is 0 Å². The van der Waals surface area contributed by atoms with E-state index in [0.29, 0.717) is 32.0 Å². The van der Waals surface area contributed by atoms with Gasteiger partial charge in [0, 0.05) is 10.0 Å². The fraction of sp³-hybridized carbons (Fsp3) is 0.143. The smallest absolute Gasteiger partial charge is 0.343 e. The summed E-state index contributed by atoms with van der Waals surface area (Å²) in [5, 5.41) is 1.04. The molecule has 166 valence electrons. The fourth-order valence-electron chi connectivity index (χ4n) is 2.59. The van der Waals surface area contributed by atoms with Gasteiger partial charge in [0.15, 0.2) is 22.4 Å². The molecule has 0 unspecified atom stereocenters. The van der Waals surface area contributed by atoms with E-state index in [2.05, 4.69) is 26.1 Å². The van der Waals surface area contributed by atoms with Crippen LogP contribution in [0.25, 0.3) is 6.08 Å². The van der Waals surface area contributed by atoms with E-state index >= 15 is 0 Å². The van der Waals surface area contributed by atoms with Gasteiger partial charge < -0.3 is 14.2 Å². The summed E-state index contributed by atoms with van der Waals surface area (Å²) in [4.78, 5) is 36.9. The normalized spacial score (nSPS) is 14.5. The summed E-state index contributed by atoms with van der Waals surface area (Å²) >= 11 is 9.75. The quantitative estimate of drug-likeness (QED) is 0.326. The second-order valence-electron chi connectivity index (χ2n) is 6.21. The Morgan fingerprint density at radius 3 is 2.56 bits per heavy atom. The predicted molar refractivity (Wildman–Crippen MR) is 127 cm³/mol. The van der Waals surface area contributed by atoms with Gasteiger partial charge in [-0.1, -0.05) is 45.9 Å². The molecule has 0 spiro atoms. The molecule has 2 aromatic carbocycles. The molecule has 32 heavy (non-hydrogen) atoms. The lowest BCUT2D eigenvalue weighted by Crippen LogP contribution is -2.44. The van der Waals surface area contributed by atoms with E-state index in [9.17, 15) is 14.4 Å². The number of ether oxygens (including phenoxy) is 3. The van der Waals surface area contributed by atoms with Gasteiger partial charge in [0.2, 0.25) is 0 Å². The number of nitrogens with zero attached hydrogens (tertiary/aromatic N) is 1. The van der Waals surface area contributed by atoms with Crippen LogP contribution >= 0.6 is 39.9 Å². The molecule has 1 heterocycles. The van der Waals surface area contributed by atoms with Crippen LogP contribution < -0.4 is 14.9 Å². The first-order valence-electron chi connectivity index (χ1n) is 9.05. The molecule has 11 heteroatoms. The molecule has 0 atom stereocenters. The highest BCUT2D eigenvalue weighted by Gasteiger charge is 2.34. The van der Waals surface area contributed by atoms with Crippen LogP contribution in [0.5, 0.6) is 11.5 Å². The SMILES string of the molecule is COC(=O)COc1cc(Br)c(C=C2SC(=S)N(NC(=O)c3ccccc3)C2=O)cc1OC. The minimum Gasteiger partial charge on any atom is -0.493 e. The maximum atomic E-state index is 12.8. The highest BCUT2D eigenvalue weighted by atomic mass is 79.9. The molecule has 1 fully saturated rings. The highest BCUT2D eigenvalue weighted by molar-refractivity contribution is 9.10. The van der Waals surface area contributed by atoms with Gasteiger partial charge in [-0.05, 0) is 48.1 Å². The molecule has 1 aliphatic rings. The molecular weight excluding hydrogens is 520 g/mol. The van der Waals surface area contributed by atoms with Crippen molar-refractivity contribution < 1.29 is 28.6 Å². The summed E-state index contributed by atoms with van der Waals surface area (Å²) in [5.41, 5.74) is 3.55. The third-order valence-corrected chi connectivity index (χ3v) is 6.17. The highest BCUT2D eigenvalue weighted by Crippen LogP contribution is 2.37. The Morgan fingerprint density at radius 2 is 1.91 bits per heavy atom. The Morgan fingerprint density at radius 1 is 1.19 bits per heavy atom. The molecule has 2 amide bonds. The molecule has 8 nitrogen and oxygen atoms in total. The first-order valence-corrected chi connectivity index (χ1v) is 11.1. The van der Waals surface area contributed by atoms with E-state index in [0.717, 1.165) is 16.8 Å². The number of amides is 2. The largest absolute Gasteiger partial charge is 0.493 e. The number of hydrogen-bond donors (Lipinski definition) is 1. The molecule has 0 aliphatic carbocycles. The Bertz CT molecular complexity index is 1110. The molecule has 0 bridgehead atoms. The van der Waals surface area contributed by atoms with Crippen LogP contribution in [0, 0.1) is 0 Å². The Hall–Kier alpha value is -2.89. The van der Waals surface area contributed by atoms with E-state index in [1.165, 1.54) is 14.2 Å². The van der Waals surface area contributed by atoms with Crippen molar-refractivity contribution >= 4 is 68.1 Å². The zero-order valence-corrected chi connectivity index (χ0v) is 20.1. The van der Waals surface area contributed by atoms with E-state index in [1.807, 2.05) is 0 Å². The molecule has 1 saturated heterocycles. The van der Waals surface area contributed by atoms with E-state index < -0.39 is 17.8 Å². The monoisotopic (exact) mass is 536 g/mol. The van der Waals surface area contributed by atoms with E-state index in [4.69, 9.17) is 21.7 Å². The summed E-state index contributed by atoms with van der Waals surface area (Å²) in [7, 11) is 2.72. The van der Waals surface area contributed by atoms with Gasteiger partial charge in [0.1, 0.15) is 0 Å². The number of rotatable bonds is 7. The molecule has 1 N–H and O–H groups in total. The zero-order chi connectivity index (χ0) is 23.3. The van der Waals surface area contributed by atoms with Crippen molar-refractivity contribution in [1.82, 2.24) is 10.4 Å². The van der Waals surface area contributed by atoms with Gasteiger partial charge >= 0.3 is 5.97 Å². The molecule has 0 radical (unpaired) electrons. The van der Waals surface area contributed by atoms with Crippen LogP contribution in [0.4, 0.5) is 0 Å². The first-order chi connectivity index (χ1) is 15.3. The molecule has 0 aromatic heterocycles.